The van der Waals surface area contributed by atoms with Crippen molar-refractivity contribution < 1.29 is 19.1 Å². The zero-order chi connectivity index (χ0) is 21.7. The van der Waals surface area contributed by atoms with Crippen molar-refractivity contribution in [3.63, 3.8) is 0 Å². The van der Waals surface area contributed by atoms with E-state index in [-0.39, 0.29) is 17.7 Å². The molecule has 0 unspecified atom stereocenters. The van der Waals surface area contributed by atoms with Crippen LogP contribution in [-0.2, 0) is 11.3 Å². The molecule has 0 aliphatic carbocycles. The van der Waals surface area contributed by atoms with Crippen LogP contribution in [0.3, 0.4) is 0 Å². The summed E-state index contributed by atoms with van der Waals surface area (Å²) in [5, 5.41) is 0.215. The first-order valence-electron chi connectivity index (χ1n) is 9.77. The highest BCUT2D eigenvalue weighted by Crippen LogP contribution is 2.36. The Kier molecular flexibility index (Phi) is 7.45. The number of carbonyl (C=O) groups is 2. The highest BCUT2D eigenvalue weighted by Gasteiger charge is 2.35. The van der Waals surface area contributed by atoms with Crippen molar-refractivity contribution >= 4 is 40.6 Å². The molecule has 0 bridgehead atoms. The largest absolute Gasteiger partial charge is 0.490 e. The number of hydrogen-bond donors (Lipinski definition) is 0. The van der Waals surface area contributed by atoms with Crippen molar-refractivity contribution in [1.29, 1.82) is 0 Å². The lowest BCUT2D eigenvalue weighted by Crippen LogP contribution is -2.27. The second-order valence-electron chi connectivity index (χ2n) is 7.20. The zero-order valence-corrected chi connectivity index (χ0v) is 18.8. The van der Waals surface area contributed by atoms with E-state index >= 15 is 0 Å². The summed E-state index contributed by atoms with van der Waals surface area (Å²) in [5.74, 6) is 1.34. The lowest BCUT2D eigenvalue weighted by molar-refractivity contribution is -0.123. The third kappa shape index (κ3) is 5.37. The SMILES string of the molecule is CCOc1cc(/C=C2\SC(=O)N(Cc3ccccc3Cl)C2=O)ccc1OCC(C)C. The van der Waals surface area contributed by atoms with Crippen LogP contribution in [0.1, 0.15) is 31.9 Å². The Bertz CT molecular complexity index is 973. The van der Waals surface area contributed by atoms with E-state index in [2.05, 4.69) is 13.8 Å². The molecule has 0 saturated carbocycles. The molecule has 0 atom stereocenters. The van der Waals surface area contributed by atoms with Gasteiger partial charge >= 0.3 is 0 Å². The first kappa shape index (κ1) is 22.2. The summed E-state index contributed by atoms with van der Waals surface area (Å²) in [4.78, 5) is 26.8. The van der Waals surface area contributed by atoms with E-state index in [1.807, 2.05) is 37.3 Å². The third-order valence-corrected chi connectivity index (χ3v) is 5.57. The van der Waals surface area contributed by atoms with Crippen molar-refractivity contribution in [1.82, 2.24) is 4.90 Å². The molecule has 2 aromatic rings. The first-order chi connectivity index (χ1) is 14.4. The molecule has 1 aliphatic rings. The standard InChI is InChI=1S/C23H24ClNO4S/c1-4-28-20-11-16(9-10-19(20)29-14-15(2)3)12-21-22(26)25(23(27)30-21)13-17-7-5-6-8-18(17)24/h5-12,15H,4,13-14H2,1-3H3/b21-12-. The molecule has 30 heavy (non-hydrogen) atoms. The summed E-state index contributed by atoms with van der Waals surface area (Å²) in [6.45, 7) is 7.28. The maximum absolute atomic E-state index is 12.8. The van der Waals surface area contributed by atoms with Crippen molar-refractivity contribution in [2.45, 2.75) is 27.3 Å². The number of imide groups is 1. The molecule has 3 rings (SSSR count). The number of rotatable bonds is 8. The van der Waals surface area contributed by atoms with Gasteiger partial charge in [0, 0.05) is 5.02 Å². The first-order valence-corrected chi connectivity index (χ1v) is 11.0. The number of benzene rings is 2. The molecule has 1 fully saturated rings. The van der Waals surface area contributed by atoms with Crippen molar-refractivity contribution in [3.05, 3.63) is 63.5 Å². The van der Waals surface area contributed by atoms with E-state index in [4.69, 9.17) is 21.1 Å². The lowest BCUT2D eigenvalue weighted by atomic mass is 10.1. The van der Waals surface area contributed by atoms with Crippen molar-refractivity contribution in [2.24, 2.45) is 5.92 Å². The van der Waals surface area contributed by atoms with Gasteiger partial charge in [0.2, 0.25) is 0 Å². The summed E-state index contributed by atoms with van der Waals surface area (Å²) >= 11 is 7.10. The summed E-state index contributed by atoms with van der Waals surface area (Å²) in [6.07, 6.45) is 1.70. The number of ether oxygens (including phenoxy) is 2. The third-order valence-electron chi connectivity index (χ3n) is 4.30. The van der Waals surface area contributed by atoms with Gasteiger partial charge in [-0.1, -0.05) is 49.7 Å². The highest BCUT2D eigenvalue weighted by atomic mass is 35.5. The summed E-state index contributed by atoms with van der Waals surface area (Å²) in [7, 11) is 0. The highest BCUT2D eigenvalue weighted by molar-refractivity contribution is 8.18. The van der Waals surface area contributed by atoms with E-state index in [9.17, 15) is 9.59 Å². The topological polar surface area (TPSA) is 55.8 Å². The molecule has 0 radical (unpaired) electrons. The minimum atomic E-state index is -0.331. The Morgan fingerprint density at radius 1 is 1.10 bits per heavy atom. The second-order valence-corrected chi connectivity index (χ2v) is 8.60. The Hall–Kier alpha value is -2.44. The van der Waals surface area contributed by atoms with Gasteiger partial charge in [0.15, 0.2) is 11.5 Å². The van der Waals surface area contributed by atoms with Gasteiger partial charge < -0.3 is 9.47 Å². The molecule has 158 valence electrons. The van der Waals surface area contributed by atoms with E-state index in [0.29, 0.717) is 40.6 Å². The van der Waals surface area contributed by atoms with E-state index in [0.717, 1.165) is 22.9 Å². The number of thioether (sulfide) groups is 1. The zero-order valence-electron chi connectivity index (χ0n) is 17.2. The fourth-order valence-corrected chi connectivity index (χ4v) is 3.88. The Morgan fingerprint density at radius 2 is 1.87 bits per heavy atom. The molecule has 5 nitrogen and oxygen atoms in total. The maximum Gasteiger partial charge on any atom is 0.293 e. The molecule has 2 aromatic carbocycles. The molecule has 0 spiro atoms. The molecular formula is C23H24ClNO4S. The van der Waals surface area contributed by atoms with Crippen LogP contribution in [0, 0.1) is 5.92 Å². The number of hydrogen-bond acceptors (Lipinski definition) is 5. The van der Waals surface area contributed by atoms with Crippen molar-refractivity contribution in [3.8, 4) is 11.5 Å². The van der Waals surface area contributed by atoms with Crippen LogP contribution in [0.2, 0.25) is 5.02 Å². The van der Waals surface area contributed by atoms with Crippen molar-refractivity contribution in [2.75, 3.05) is 13.2 Å². The van der Waals surface area contributed by atoms with Gasteiger partial charge in [-0.2, -0.15) is 0 Å². The quantitative estimate of drug-likeness (QED) is 0.465. The Morgan fingerprint density at radius 3 is 2.57 bits per heavy atom. The summed E-state index contributed by atoms with van der Waals surface area (Å²) in [6, 6.07) is 12.7. The van der Waals surface area contributed by atoms with Gasteiger partial charge in [0.25, 0.3) is 11.1 Å². The number of nitrogens with zero attached hydrogens (tertiary/aromatic N) is 1. The average molecular weight is 446 g/mol. The molecule has 1 saturated heterocycles. The van der Waals surface area contributed by atoms with Crippen LogP contribution in [-0.4, -0.2) is 29.3 Å². The van der Waals surface area contributed by atoms with Gasteiger partial charge in [0.1, 0.15) is 0 Å². The van der Waals surface area contributed by atoms with E-state index in [1.165, 1.54) is 4.90 Å². The molecule has 1 aliphatic heterocycles. The van der Waals surface area contributed by atoms with Crippen LogP contribution in [0.15, 0.2) is 47.4 Å². The molecule has 2 amide bonds. The monoisotopic (exact) mass is 445 g/mol. The van der Waals surface area contributed by atoms with Gasteiger partial charge in [0.05, 0.1) is 24.7 Å². The number of amides is 2. The summed E-state index contributed by atoms with van der Waals surface area (Å²) in [5.41, 5.74) is 1.49. The van der Waals surface area contributed by atoms with Gasteiger partial charge in [-0.05, 0) is 60.0 Å². The van der Waals surface area contributed by atoms with Crippen LogP contribution in [0.25, 0.3) is 6.08 Å². The fourth-order valence-electron chi connectivity index (χ4n) is 2.84. The normalized spacial score (nSPS) is 15.4. The maximum atomic E-state index is 12.8. The second kappa shape index (κ2) is 10.0. The molecule has 0 aromatic heterocycles. The fraction of sp³-hybridized carbons (Fsp3) is 0.304. The van der Waals surface area contributed by atoms with Gasteiger partial charge in [-0.3, -0.25) is 14.5 Å². The van der Waals surface area contributed by atoms with Gasteiger partial charge in [-0.25, -0.2) is 0 Å². The molecule has 1 heterocycles. The van der Waals surface area contributed by atoms with Crippen LogP contribution >= 0.6 is 23.4 Å². The molecule has 7 heteroatoms. The van der Waals surface area contributed by atoms with Crippen LogP contribution < -0.4 is 9.47 Å². The molecular weight excluding hydrogens is 422 g/mol. The Labute approximate surface area is 186 Å². The predicted octanol–water partition coefficient (Wildman–Crippen LogP) is 6.01. The van der Waals surface area contributed by atoms with E-state index in [1.54, 1.807) is 18.2 Å². The lowest BCUT2D eigenvalue weighted by Gasteiger charge is -2.14. The number of carbonyl (C=O) groups excluding carboxylic acids is 2. The minimum absolute atomic E-state index is 0.147. The number of halogens is 1. The predicted molar refractivity (Wildman–Crippen MR) is 121 cm³/mol. The van der Waals surface area contributed by atoms with E-state index < -0.39 is 0 Å². The van der Waals surface area contributed by atoms with Crippen LogP contribution in [0.5, 0.6) is 11.5 Å². The van der Waals surface area contributed by atoms with Crippen LogP contribution in [0.4, 0.5) is 4.79 Å². The minimum Gasteiger partial charge on any atom is -0.490 e. The van der Waals surface area contributed by atoms with Gasteiger partial charge in [-0.15, -0.1) is 0 Å². The average Bonchev–Trinajstić information content (AvgIpc) is 2.96. The smallest absolute Gasteiger partial charge is 0.293 e. The Balaban J connectivity index is 1.80. The molecule has 0 N–H and O–H groups in total. The summed E-state index contributed by atoms with van der Waals surface area (Å²) < 4.78 is 11.5.